The summed E-state index contributed by atoms with van der Waals surface area (Å²) in [5.74, 6) is -0.967. The van der Waals surface area contributed by atoms with Crippen LogP contribution >= 0.6 is 15.9 Å². The topological polar surface area (TPSA) is 89.8 Å². The maximum absolute atomic E-state index is 10.6. The van der Waals surface area contributed by atoms with Crippen LogP contribution in [0.3, 0.4) is 0 Å². The zero-order chi connectivity index (χ0) is 11.7. The first-order chi connectivity index (χ1) is 7.61. The Morgan fingerprint density at radius 1 is 1.62 bits per heavy atom. The second kappa shape index (κ2) is 3.94. The van der Waals surface area contributed by atoms with E-state index >= 15 is 0 Å². The Balaban J connectivity index is 2.68. The maximum Gasteiger partial charge on any atom is 0.307 e. The largest absolute Gasteiger partial charge is 0.481 e. The predicted octanol–water partition coefficient (Wildman–Crippen LogP) is 1.82. The lowest BCUT2D eigenvalue weighted by Crippen LogP contribution is -2.02. The number of H-pyrrole nitrogens is 1. The number of imidazole rings is 1. The molecule has 2 N–H and O–H groups in total. The van der Waals surface area contributed by atoms with Crippen molar-refractivity contribution in [1.29, 1.82) is 5.26 Å². The second-order valence-electron chi connectivity index (χ2n) is 3.21. The molecule has 0 spiro atoms. The Morgan fingerprint density at radius 3 is 3.00 bits per heavy atom. The van der Waals surface area contributed by atoms with E-state index in [4.69, 9.17) is 10.4 Å². The van der Waals surface area contributed by atoms with Crippen LogP contribution in [0.15, 0.2) is 16.9 Å². The number of hydrogen-bond donors (Lipinski definition) is 2. The molecule has 0 bridgehead atoms. The lowest BCUT2D eigenvalue weighted by Gasteiger charge is -2.00. The number of aromatic nitrogens is 2. The van der Waals surface area contributed by atoms with Crippen molar-refractivity contribution in [3.8, 4) is 6.07 Å². The van der Waals surface area contributed by atoms with Gasteiger partial charge in [0.05, 0.1) is 17.5 Å². The van der Waals surface area contributed by atoms with Crippen molar-refractivity contribution in [3.05, 3.63) is 28.0 Å². The first-order valence-corrected chi connectivity index (χ1v) is 5.20. The molecule has 1 heterocycles. The SMILES string of the molecule is N#Cc1c(CC(=O)O)ccc2[nH]c(Br)nc12. The third kappa shape index (κ3) is 1.77. The van der Waals surface area contributed by atoms with Crippen LogP contribution < -0.4 is 0 Å². The zero-order valence-electron chi connectivity index (χ0n) is 7.99. The summed E-state index contributed by atoms with van der Waals surface area (Å²) in [6, 6.07) is 5.33. The summed E-state index contributed by atoms with van der Waals surface area (Å²) in [6.07, 6.45) is -0.177. The first-order valence-electron chi connectivity index (χ1n) is 4.41. The molecule has 80 valence electrons. The van der Waals surface area contributed by atoms with E-state index in [2.05, 4.69) is 25.9 Å². The van der Waals surface area contributed by atoms with E-state index in [0.29, 0.717) is 26.9 Å². The number of carboxylic acids is 1. The van der Waals surface area contributed by atoms with Crippen molar-refractivity contribution in [2.45, 2.75) is 6.42 Å². The molecule has 16 heavy (non-hydrogen) atoms. The minimum Gasteiger partial charge on any atom is -0.481 e. The van der Waals surface area contributed by atoms with Gasteiger partial charge in [0.15, 0.2) is 4.73 Å². The fourth-order valence-corrected chi connectivity index (χ4v) is 1.91. The van der Waals surface area contributed by atoms with Crippen LogP contribution in [0.4, 0.5) is 0 Å². The van der Waals surface area contributed by atoms with Crippen molar-refractivity contribution in [2.75, 3.05) is 0 Å². The number of nitrogens with one attached hydrogen (secondary N) is 1. The van der Waals surface area contributed by atoms with Gasteiger partial charge in [-0.15, -0.1) is 0 Å². The number of aromatic amines is 1. The highest BCUT2D eigenvalue weighted by molar-refractivity contribution is 9.10. The van der Waals surface area contributed by atoms with Gasteiger partial charge < -0.3 is 10.1 Å². The van der Waals surface area contributed by atoms with Gasteiger partial charge in [-0.3, -0.25) is 4.79 Å². The maximum atomic E-state index is 10.6. The molecular formula is C10H6BrN3O2. The van der Waals surface area contributed by atoms with Gasteiger partial charge in [-0.05, 0) is 27.6 Å². The normalized spacial score (nSPS) is 10.2. The quantitative estimate of drug-likeness (QED) is 0.878. The number of rotatable bonds is 2. The Kier molecular flexibility index (Phi) is 2.62. The van der Waals surface area contributed by atoms with Gasteiger partial charge in [0, 0.05) is 0 Å². The number of benzene rings is 1. The molecular weight excluding hydrogens is 274 g/mol. The number of nitrogens with zero attached hydrogens (tertiary/aromatic N) is 2. The lowest BCUT2D eigenvalue weighted by molar-refractivity contribution is -0.136. The van der Waals surface area contributed by atoms with Gasteiger partial charge in [-0.25, -0.2) is 4.98 Å². The number of carbonyl (C=O) groups is 1. The van der Waals surface area contributed by atoms with Crippen LogP contribution in [0.25, 0.3) is 11.0 Å². The van der Waals surface area contributed by atoms with Gasteiger partial charge in [0.25, 0.3) is 0 Å². The Bertz CT molecular complexity index is 612. The Morgan fingerprint density at radius 2 is 2.38 bits per heavy atom. The summed E-state index contributed by atoms with van der Waals surface area (Å²) >= 11 is 3.17. The molecule has 0 aliphatic carbocycles. The highest BCUT2D eigenvalue weighted by Crippen LogP contribution is 2.22. The summed E-state index contributed by atoms with van der Waals surface area (Å²) in [5, 5.41) is 17.7. The molecule has 5 nitrogen and oxygen atoms in total. The van der Waals surface area contributed by atoms with E-state index in [1.807, 2.05) is 6.07 Å². The summed E-state index contributed by atoms with van der Waals surface area (Å²) in [5.41, 5.74) is 1.98. The molecule has 0 fully saturated rings. The molecule has 0 amide bonds. The number of fused-ring (bicyclic) bond motifs is 1. The van der Waals surface area contributed by atoms with Gasteiger partial charge in [0.2, 0.25) is 0 Å². The van der Waals surface area contributed by atoms with Gasteiger partial charge in [-0.1, -0.05) is 6.07 Å². The highest BCUT2D eigenvalue weighted by atomic mass is 79.9. The van der Waals surface area contributed by atoms with Gasteiger partial charge in [0.1, 0.15) is 11.6 Å². The van der Waals surface area contributed by atoms with Crippen LogP contribution in [0.2, 0.25) is 0 Å². The smallest absolute Gasteiger partial charge is 0.307 e. The van der Waals surface area contributed by atoms with Gasteiger partial charge >= 0.3 is 5.97 Å². The molecule has 0 unspecified atom stereocenters. The average Bonchev–Trinajstić information content (AvgIpc) is 2.57. The molecule has 0 radical (unpaired) electrons. The van der Waals surface area contributed by atoms with Crippen LogP contribution in [0, 0.1) is 11.3 Å². The minimum atomic E-state index is -0.967. The van der Waals surface area contributed by atoms with E-state index in [0.717, 1.165) is 0 Å². The number of aliphatic carboxylic acids is 1. The van der Waals surface area contributed by atoms with E-state index < -0.39 is 5.97 Å². The molecule has 2 rings (SSSR count). The monoisotopic (exact) mass is 279 g/mol. The van der Waals surface area contributed by atoms with Crippen molar-refractivity contribution < 1.29 is 9.90 Å². The summed E-state index contributed by atoms with van der Waals surface area (Å²) < 4.78 is 0.520. The zero-order valence-corrected chi connectivity index (χ0v) is 9.58. The van der Waals surface area contributed by atoms with Crippen molar-refractivity contribution in [3.63, 3.8) is 0 Å². The third-order valence-corrected chi connectivity index (χ3v) is 2.54. The second-order valence-corrected chi connectivity index (χ2v) is 3.96. The van der Waals surface area contributed by atoms with Gasteiger partial charge in [-0.2, -0.15) is 5.26 Å². The summed E-state index contributed by atoms with van der Waals surface area (Å²) in [4.78, 5) is 17.6. The molecule has 1 aromatic carbocycles. The van der Waals surface area contributed by atoms with Crippen LogP contribution in [-0.2, 0) is 11.2 Å². The van der Waals surface area contributed by atoms with Crippen molar-refractivity contribution in [2.24, 2.45) is 0 Å². The van der Waals surface area contributed by atoms with Crippen molar-refractivity contribution >= 4 is 32.9 Å². The number of nitriles is 1. The standard InChI is InChI=1S/C10H6BrN3O2/c11-10-13-7-2-1-5(3-8(15)16)6(4-12)9(7)14-10/h1-2H,3H2,(H,13,14)(H,15,16). The summed E-state index contributed by atoms with van der Waals surface area (Å²) in [6.45, 7) is 0. The Labute approximate surface area is 98.9 Å². The first kappa shape index (κ1) is 10.6. The van der Waals surface area contributed by atoms with E-state index in [9.17, 15) is 4.79 Å². The van der Waals surface area contributed by atoms with E-state index in [1.54, 1.807) is 12.1 Å². The molecule has 1 aromatic heterocycles. The number of carboxylic acid groups (broad SMARTS) is 1. The highest BCUT2D eigenvalue weighted by Gasteiger charge is 2.13. The third-order valence-electron chi connectivity index (χ3n) is 2.17. The Hall–Kier alpha value is -1.87. The van der Waals surface area contributed by atoms with E-state index in [-0.39, 0.29) is 6.42 Å². The average molecular weight is 280 g/mol. The van der Waals surface area contributed by atoms with Crippen LogP contribution in [0.5, 0.6) is 0 Å². The number of hydrogen-bond acceptors (Lipinski definition) is 3. The molecule has 0 atom stereocenters. The van der Waals surface area contributed by atoms with Crippen molar-refractivity contribution in [1.82, 2.24) is 9.97 Å². The molecule has 6 heteroatoms. The molecule has 0 aliphatic rings. The minimum absolute atomic E-state index is 0.177. The fourth-order valence-electron chi connectivity index (χ4n) is 1.52. The van der Waals surface area contributed by atoms with E-state index in [1.165, 1.54) is 0 Å². The lowest BCUT2D eigenvalue weighted by atomic mass is 10.0. The summed E-state index contributed by atoms with van der Waals surface area (Å²) in [7, 11) is 0. The molecule has 0 saturated carbocycles. The van der Waals surface area contributed by atoms with Crippen LogP contribution in [-0.4, -0.2) is 21.0 Å². The predicted molar refractivity (Wildman–Crippen MR) is 59.8 cm³/mol. The fraction of sp³-hybridized carbons (Fsp3) is 0.100. The molecule has 0 aliphatic heterocycles. The van der Waals surface area contributed by atoms with Crippen LogP contribution in [0.1, 0.15) is 11.1 Å². The number of halogens is 1. The molecule has 2 aromatic rings. The molecule has 0 saturated heterocycles.